The van der Waals surface area contributed by atoms with Gasteiger partial charge in [0.25, 0.3) is 11.1 Å². The van der Waals surface area contributed by atoms with Crippen molar-refractivity contribution in [2.24, 2.45) is 0 Å². The second-order valence-electron chi connectivity index (χ2n) is 5.36. The molecule has 25 heavy (non-hydrogen) atoms. The van der Waals surface area contributed by atoms with E-state index in [1.807, 2.05) is 30.3 Å². The van der Waals surface area contributed by atoms with Crippen LogP contribution in [0.5, 0.6) is 11.5 Å². The van der Waals surface area contributed by atoms with Crippen molar-refractivity contribution in [3.05, 3.63) is 64.6 Å². The first-order valence-electron chi connectivity index (χ1n) is 7.63. The molecule has 1 heterocycles. The fourth-order valence-corrected chi connectivity index (χ4v) is 3.31. The molecule has 1 saturated heterocycles. The lowest BCUT2D eigenvalue weighted by molar-refractivity contribution is -0.123. The Bertz CT molecular complexity index is 833. The Balaban J connectivity index is 1.85. The van der Waals surface area contributed by atoms with Crippen LogP contribution in [0.25, 0.3) is 6.08 Å². The van der Waals surface area contributed by atoms with E-state index in [-0.39, 0.29) is 17.7 Å². The summed E-state index contributed by atoms with van der Waals surface area (Å²) in [5, 5.41) is -0.271. The average Bonchev–Trinajstić information content (AvgIpc) is 2.90. The lowest BCUT2D eigenvalue weighted by Crippen LogP contribution is -2.27. The van der Waals surface area contributed by atoms with Gasteiger partial charge in [0.2, 0.25) is 0 Å². The maximum Gasteiger partial charge on any atom is 0.293 e. The van der Waals surface area contributed by atoms with E-state index >= 15 is 0 Å². The monoisotopic (exact) mass is 355 g/mol. The molecular formula is C19H17NO4S. The molecule has 1 fully saturated rings. The number of imide groups is 1. The fourth-order valence-electron chi connectivity index (χ4n) is 2.48. The number of nitrogens with zero attached hydrogens (tertiary/aromatic N) is 1. The summed E-state index contributed by atoms with van der Waals surface area (Å²) in [6.07, 6.45) is 1.67. The van der Waals surface area contributed by atoms with E-state index in [1.165, 1.54) is 4.90 Å². The summed E-state index contributed by atoms with van der Waals surface area (Å²) in [5.41, 5.74) is 1.63. The van der Waals surface area contributed by atoms with Gasteiger partial charge in [-0.2, -0.15) is 0 Å². The molecule has 0 bridgehead atoms. The predicted octanol–water partition coefficient (Wildman–Crippen LogP) is 3.94. The van der Waals surface area contributed by atoms with Gasteiger partial charge in [-0.3, -0.25) is 14.5 Å². The molecule has 0 aromatic heterocycles. The Morgan fingerprint density at radius 3 is 2.48 bits per heavy atom. The molecule has 128 valence electrons. The quantitative estimate of drug-likeness (QED) is 0.761. The van der Waals surface area contributed by atoms with Crippen molar-refractivity contribution < 1.29 is 19.1 Å². The largest absolute Gasteiger partial charge is 0.497 e. The van der Waals surface area contributed by atoms with Crippen molar-refractivity contribution >= 4 is 29.0 Å². The van der Waals surface area contributed by atoms with Gasteiger partial charge in [0.15, 0.2) is 0 Å². The molecule has 0 saturated carbocycles. The minimum atomic E-state index is -0.295. The Kier molecular flexibility index (Phi) is 5.09. The normalized spacial score (nSPS) is 15.8. The zero-order chi connectivity index (χ0) is 17.8. The molecule has 0 N–H and O–H groups in total. The number of amides is 2. The van der Waals surface area contributed by atoms with Gasteiger partial charge in [0.1, 0.15) is 11.5 Å². The number of carbonyl (C=O) groups excluding carboxylic acids is 2. The third-order valence-electron chi connectivity index (χ3n) is 3.78. The maximum absolute atomic E-state index is 12.6. The number of ether oxygens (including phenoxy) is 2. The van der Waals surface area contributed by atoms with Gasteiger partial charge < -0.3 is 9.47 Å². The van der Waals surface area contributed by atoms with Gasteiger partial charge in [0.05, 0.1) is 25.7 Å². The van der Waals surface area contributed by atoms with Crippen molar-refractivity contribution in [1.82, 2.24) is 4.90 Å². The summed E-state index contributed by atoms with van der Waals surface area (Å²) in [7, 11) is 3.12. The summed E-state index contributed by atoms with van der Waals surface area (Å²) in [6.45, 7) is 0.266. The summed E-state index contributed by atoms with van der Waals surface area (Å²) in [6, 6.07) is 14.7. The number of hydrogen-bond acceptors (Lipinski definition) is 5. The highest BCUT2D eigenvalue weighted by atomic mass is 32.2. The lowest BCUT2D eigenvalue weighted by atomic mass is 10.1. The molecule has 0 aliphatic carbocycles. The SMILES string of the molecule is COc1ccc(/C=C2/SC(=O)N(Cc3ccccc3)C2=O)c(OC)c1. The van der Waals surface area contributed by atoms with Gasteiger partial charge >= 0.3 is 0 Å². The van der Waals surface area contributed by atoms with E-state index in [2.05, 4.69) is 0 Å². The minimum absolute atomic E-state index is 0.266. The number of methoxy groups -OCH3 is 2. The van der Waals surface area contributed by atoms with E-state index in [4.69, 9.17) is 9.47 Å². The van der Waals surface area contributed by atoms with Crippen molar-refractivity contribution in [3.63, 3.8) is 0 Å². The van der Waals surface area contributed by atoms with Gasteiger partial charge in [-0.15, -0.1) is 0 Å². The third-order valence-corrected chi connectivity index (χ3v) is 4.69. The van der Waals surface area contributed by atoms with E-state index in [0.29, 0.717) is 22.0 Å². The van der Waals surface area contributed by atoms with Gasteiger partial charge in [-0.1, -0.05) is 30.3 Å². The molecule has 6 heteroatoms. The van der Waals surface area contributed by atoms with Crippen LogP contribution in [0, 0.1) is 0 Å². The third kappa shape index (κ3) is 3.69. The first kappa shape index (κ1) is 17.1. The molecule has 0 radical (unpaired) electrons. The Hall–Kier alpha value is -2.73. The highest BCUT2D eigenvalue weighted by molar-refractivity contribution is 8.18. The van der Waals surface area contributed by atoms with Crippen LogP contribution in [0.15, 0.2) is 53.4 Å². The summed E-state index contributed by atoms with van der Waals surface area (Å²) >= 11 is 0.937. The van der Waals surface area contributed by atoms with E-state index in [9.17, 15) is 9.59 Å². The number of hydrogen-bond donors (Lipinski definition) is 0. The molecule has 0 atom stereocenters. The van der Waals surface area contributed by atoms with Crippen molar-refractivity contribution in [2.45, 2.75) is 6.54 Å². The highest BCUT2D eigenvalue weighted by Crippen LogP contribution is 2.35. The Labute approximate surface area is 150 Å². The average molecular weight is 355 g/mol. The molecule has 3 rings (SSSR count). The molecular weight excluding hydrogens is 338 g/mol. The summed E-state index contributed by atoms with van der Waals surface area (Å²) < 4.78 is 10.5. The first-order chi connectivity index (χ1) is 12.1. The van der Waals surface area contributed by atoms with Crippen molar-refractivity contribution in [2.75, 3.05) is 14.2 Å². The number of thioether (sulfide) groups is 1. The number of benzene rings is 2. The van der Waals surface area contributed by atoms with Crippen LogP contribution in [-0.4, -0.2) is 30.3 Å². The van der Waals surface area contributed by atoms with E-state index in [0.717, 1.165) is 17.3 Å². The molecule has 1 aliphatic rings. The molecule has 1 aliphatic heterocycles. The molecule has 5 nitrogen and oxygen atoms in total. The van der Waals surface area contributed by atoms with Crippen LogP contribution >= 0.6 is 11.8 Å². The van der Waals surface area contributed by atoms with Crippen LogP contribution in [0.4, 0.5) is 4.79 Å². The lowest BCUT2D eigenvalue weighted by Gasteiger charge is -2.12. The Morgan fingerprint density at radius 1 is 1.04 bits per heavy atom. The molecule has 0 spiro atoms. The first-order valence-corrected chi connectivity index (χ1v) is 8.45. The summed E-state index contributed by atoms with van der Waals surface area (Å²) in [4.78, 5) is 26.4. The number of carbonyl (C=O) groups is 2. The maximum atomic E-state index is 12.6. The van der Waals surface area contributed by atoms with Gasteiger partial charge in [0, 0.05) is 11.6 Å². The second kappa shape index (κ2) is 7.44. The van der Waals surface area contributed by atoms with Crippen LogP contribution in [0.3, 0.4) is 0 Å². The fraction of sp³-hybridized carbons (Fsp3) is 0.158. The highest BCUT2D eigenvalue weighted by Gasteiger charge is 2.35. The molecule has 0 unspecified atom stereocenters. The summed E-state index contributed by atoms with van der Waals surface area (Å²) in [5.74, 6) is 0.942. The Morgan fingerprint density at radius 2 is 1.80 bits per heavy atom. The van der Waals surface area contributed by atoms with E-state index < -0.39 is 0 Å². The van der Waals surface area contributed by atoms with Crippen molar-refractivity contribution in [1.29, 1.82) is 0 Å². The standard InChI is InChI=1S/C19H17NO4S/c1-23-15-9-8-14(16(11-15)24-2)10-17-18(21)20(19(22)25-17)12-13-6-4-3-5-7-13/h3-11H,12H2,1-2H3/b17-10+. The van der Waals surface area contributed by atoms with Crippen LogP contribution < -0.4 is 9.47 Å². The number of rotatable bonds is 5. The predicted molar refractivity (Wildman–Crippen MR) is 97.5 cm³/mol. The zero-order valence-corrected chi connectivity index (χ0v) is 14.7. The molecule has 2 aromatic rings. The second-order valence-corrected chi connectivity index (χ2v) is 6.35. The van der Waals surface area contributed by atoms with Gasteiger partial charge in [-0.05, 0) is 35.5 Å². The molecule has 2 amide bonds. The van der Waals surface area contributed by atoms with Gasteiger partial charge in [-0.25, -0.2) is 0 Å². The van der Waals surface area contributed by atoms with Crippen LogP contribution in [0.2, 0.25) is 0 Å². The topological polar surface area (TPSA) is 55.8 Å². The minimum Gasteiger partial charge on any atom is -0.497 e. The molecule has 2 aromatic carbocycles. The zero-order valence-electron chi connectivity index (χ0n) is 13.9. The van der Waals surface area contributed by atoms with E-state index in [1.54, 1.807) is 38.5 Å². The van der Waals surface area contributed by atoms with Crippen molar-refractivity contribution in [3.8, 4) is 11.5 Å². The smallest absolute Gasteiger partial charge is 0.293 e. The van der Waals surface area contributed by atoms with Crippen LogP contribution in [0.1, 0.15) is 11.1 Å². The van der Waals surface area contributed by atoms with Crippen LogP contribution in [-0.2, 0) is 11.3 Å².